The van der Waals surface area contributed by atoms with Gasteiger partial charge in [-0.05, 0) is 18.6 Å². The van der Waals surface area contributed by atoms with Crippen LogP contribution in [0.1, 0.15) is 30.1 Å². The maximum Gasteiger partial charge on any atom is 0.257 e. The molecular weight excluding hydrogens is 256 g/mol. The maximum absolute atomic E-state index is 13.4. The number of nitrogens with one attached hydrogen (secondary N) is 1. The van der Waals surface area contributed by atoms with E-state index < -0.39 is 29.1 Å². The molecule has 1 aromatic carbocycles. The van der Waals surface area contributed by atoms with Crippen LogP contribution in [0.3, 0.4) is 0 Å². The summed E-state index contributed by atoms with van der Waals surface area (Å²) in [5.41, 5.74) is 4.72. The molecule has 1 atom stereocenters. The lowest BCUT2D eigenvalue weighted by Gasteiger charge is -2.16. The SMILES string of the molecule is CCCC(NC(=O)c1c(F)cccc1F)/C(N)=N/O. The number of benzene rings is 1. The van der Waals surface area contributed by atoms with Gasteiger partial charge in [0.25, 0.3) is 5.91 Å². The Bertz CT molecular complexity index is 472. The second-order valence-electron chi connectivity index (χ2n) is 3.94. The van der Waals surface area contributed by atoms with Gasteiger partial charge in [-0.2, -0.15) is 0 Å². The lowest BCUT2D eigenvalue weighted by molar-refractivity contribution is 0.0936. The van der Waals surface area contributed by atoms with Gasteiger partial charge >= 0.3 is 0 Å². The van der Waals surface area contributed by atoms with Crippen LogP contribution >= 0.6 is 0 Å². The molecule has 0 saturated carbocycles. The first kappa shape index (κ1) is 14.9. The van der Waals surface area contributed by atoms with Crippen LogP contribution in [0.5, 0.6) is 0 Å². The monoisotopic (exact) mass is 271 g/mol. The molecule has 0 heterocycles. The normalized spacial score (nSPS) is 13.1. The summed E-state index contributed by atoms with van der Waals surface area (Å²) in [7, 11) is 0. The molecule has 1 amide bonds. The van der Waals surface area contributed by atoms with Crippen molar-refractivity contribution in [3.63, 3.8) is 0 Å². The number of oxime groups is 1. The molecule has 19 heavy (non-hydrogen) atoms. The Morgan fingerprint density at radius 3 is 2.53 bits per heavy atom. The number of amides is 1. The molecule has 4 N–H and O–H groups in total. The first-order valence-corrected chi connectivity index (χ1v) is 5.73. The smallest absolute Gasteiger partial charge is 0.257 e. The second-order valence-corrected chi connectivity index (χ2v) is 3.94. The molecule has 1 unspecified atom stereocenters. The minimum Gasteiger partial charge on any atom is -0.409 e. The second kappa shape index (κ2) is 6.67. The van der Waals surface area contributed by atoms with Gasteiger partial charge in [0, 0.05) is 0 Å². The van der Waals surface area contributed by atoms with Crippen molar-refractivity contribution in [2.24, 2.45) is 10.9 Å². The highest BCUT2D eigenvalue weighted by Crippen LogP contribution is 2.12. The Hall–Kier alpha value is -2.18. The lowest BCUT2D eigenvalue weighted by Crippen LogP contribution is -2.45. The molecule has 0 aliphatic rings. The van der Waals surface area contributed by atoms with Crippen molar-refractivity contribution >= 4 is 11.7 Å². The van der Waals surface area contributed by atoms with Crippen LogP contribution < -0.4 is 11.1 Å². The zero-order valence-electron chi connectivity index (χ0n) is 10.4. The highest BCUT2D eigenvalue weighted by Gasteiger charge is 2.22. The molecule has 5 nitrogen and oxygen atoms in total. The van der Waals surface area contributed by atoms with Crippen molar-refractivity contribution < 1.29 is 18.8 Å². The van der Waals surface area contributed by atoms with E-state index >= 15 is 0 Å². The van der Waals surface area contributed by atoms with Crippen LogP contribution in [0.4, 0.5) is 8.78 Å². The summed E-state index contributed by atoms with van der Waals surface area (Å²) in [5, 5.41) is 13.7. The predicted octanol–water partition coefficient (Wildman–Crippen LogP) is 1.61. The topological polar surface area (TPSA) is 87.7 Å². The van der Waals surface area contributed by atoms with E-state index in [1.165, 1.54) is 0 Å². The number of rotatable bonds is 5. The molecular formula is C12H15F2N3O2. The van der Waals surface area contributed by atoms with Gasteiger partial charge in [-0.1, -0.05) is 24.6 Å². The molecule has 0 bridgehead atoms. The summed E-state index contributed by atoms with van der Waals surface area (Å²) in [6.45, 7) is 1.83. The Balaban J connectivity index is 2.94. The van der Waals surface area contributed by atoms with E-state index in [4.69, 9.17) is 10.9 Å². The van der Waals surface area contributed by atoms with Gasteiger partial charge in [0.2, 0.25) is 0 Å². The van der Waals surface area contributed by atoms with Gasteiger partial charge in [0.1, 0.15) is 17.2 Å². The van der Waals surface area contributed by atoms with Gasteiger partial charge in [0.05, 0.1) is 6.04 Å². The van der Waals surface area contributed by atoms with E-state index in [2.05, 4.69) is 10.5 Å². The molecule has 0 fully saturated rings. The molecule has 1 aromatic rings. The van der Waals surface area contributed by atoms with E-state index in [1.807, 2.05) is 6.92 Å². The third-order valence-electron chi connectivity index (χ3n) is 2.54. The molecule has 0 spiro atoms. The quantitative estimate of drug-likeness (QED) is 0.329. The molecule has 0 saturated heterocycles. The number of amidine groups is 1. The van der Waals surface area contributed by atoms with E-state index in [0.717, 1.165) is 18.2 Å². The highest BCUT2D eigenvalue weighted by atomic mass is 19.1. The zero-order valence-corrected chi connectivity index (χ0v) is 10.4. The van der Waals surface area contributed by atoms with Crippen molar-refractivity contribution in [3.8, 4) is 0 Å². The summed E-state index contributed by atoms with van der Waals surface area (Å²) < 4.78 is 26.8. The Labute approximate surface area is 109 Å². The first-order chi connectivity index (χ1) is 9.01. The van der Waals surface area contributed by atoms with Gasteiger partial charge in [0.15, 0.2) is 5.84 Å². The predicted molar refractivity (Wildman–Crippen MR) is 65.9 cm³/mol. The van der Waals surface area contributed by atoms with Crippen LogP contribution in [0.25, 0.3) is 0 Å². The van der Waals surface area contributed by atoms with Crippen molar-refractivity contribution in [3.05, 3.63) is 35.4 Å². The first-order valence-electron chi connectivity index (χ1n) is 5.73. The zero-order chi connectivity index (χ0) is 14.4. The fraction of sp³-hybridized carbons (Fsp3) is 0.333. The van der Waals surface area contributed by atoms with E-state index in [1.54, 1.807) is 0 Å². The van der Waals surface area contributed by atoms with Crippen LogP contribution in [-0.2, 0) is 0 Å². The average molecular weight is 271 g/mol. The summed E-state index contributed by atoms with van der Waals surface area (Å²) in [6, 6.07) is 2.35. The molecule has 104 valence electrons. The summed E-state index contributed by atoms with van der Waals surface area (Å²) in [6.07, 6.45) is 1.03. The third kappa shape index (κ3) is 3.64. The number of hydrogen-bond donors (Lipinski definition) is 3. The Kier molecular flexibility index (Phi) is 5.23. The molecule has 0 aliphatic heterocycles. The molecule has 0 aliphatic carbocycles. The van der Waals surface area contributed by atoms with Crippen LogP contribution in [0.2, 0.25) is 0 Å². The summed E-state index contributed by atoms with van der Waals surface area (Å²) in [4.78, 5) is 11.8. The summed E-state index contributed by atoms with van der Waals surface area (Å²) in [5.74, 6) is -3.09. The van der Waals surface area contributed by atoms with Crippen LogP contribution in [0, 0.1) is 11.6 Å². The van der Waals surface area contributed by atoms with Crippen molar-refractivity contribution in [1.29, 1.82) is 0 Å². The minimum absolute atomic E-state index is 0.216. The maximum atomic E-state index is 13.4. The number of nitrogens with zero attached hydrogens (tertiary/aromatic N) is 1. The van der Waals surface area contributed by atoms with E-state index in [0.29, 0.717) is 12.8 Å². The molecule has 0 aromatic heterocycles. The number of nitrogens with two attached hydrogens (primary N) is 1. The van der Waals surface area contributed by atoms with Gasteiger partial charge in [-0.3, -0.25) is 4.79 Å². The number of carbonyl (C=O) groups is 1. The lowest BCUT2D eigenvalue weighted by atomic mass is 10.1. The van der Waals surface area contributed by atoms with Crippen LogP contribution in [0.15, 0.2) is 23.4 Å². The van der Waals surface area contributed by atoms with Crippen molar-refractivity contribution in [2.75, 3.05) is 0 Å². The van der Waals surface area contributed by atoms with E-state index in [9.17, 15) is 13.6 Å². The Morgan fingerprint density at radius 2 is 2.05 bits per heavy atom. The molecule has 0 radical (unpaired) electrons. The van der Waals surface area contributed by atoms with Crippen LogP contribution in [-0.4, -0.2) is 23.0 Å². The van der Waals surface area contributed by atoms with Crippen molar-refractivity contribution in [1.82, 2.24) is 5.32 Å². The molecule has 1 rings (SSSR count). The average Bonchev–Trinajstić information content (AvgIpc) is 2.37. The third-order valence-corrected chi connectivity index (χ3v) is 2.54. The van der Waals surface area contributed by atoms with Gasteiger partial charge < -0.3 is 16.3 Å². The summed E-state index contributed by atoms with van der Waals surface area (Å²) >= 11 is 0. The molecule has 7 heteroatoms. The Morgan fingerprint density at radius 1 is 1.47 bits per heavy atom. The van der Waals surface area contributed by atoms with Gasteiger partial charge in [-0.15, -0.1) is 0 Å². The standard InChI is InChI=1S/C12H15F2N3O2/c1-2-4-9(11(15)17-19)16-12(18)10-7(13)5-3-6-8(10)14/h3,5-6,9,19H,2,4H2,1H3,(H2,15,17)(H,16,18). The number of hydrogen-bond acceptors (Lipinski definition) is 3. The van der Waals surface area contributed by atoms with Gasteiger partial charge in [-0.25, -0.2) is 8.78 Å². The van der Waals surface area contributed by atoms with Crippen molar-refractivity contribution in [2.45, 2.75) is 25.8 Å². The highest BCUT2D eigenvalue weighted by molar-refractivity contribution is 5.98. The van der Waals surface area contributed by atoms with E-state index in [-0.39, 0.29) is 5.84 Å². The fourth-order valence-corrected chi connectivity index (χ4v) is 1.60. The minimum atomic E-state index is -0.966. The largest absolute Gasteiger partial charge is 0.409 e. The number of halogens is 2. The number of carbonyl (C=O) groups excluding carboxylic acids is 1. The fourth-order valence-electron chi connectivity index (χ4n) is 1.60.